The molecule has 0 atom stereocenters. The van der Waals surface area contributed by atoms with Crippen LogP contribution in [0.25, 0.3) is 0 Å². The second-order valence-electron chi connectivity index (χ2n) is 3.75. The van der Waals surface area contributed by atoms with Gasteiger partial charge in [0.25, 0.3) is 0 Å². The van der Waals surface area contributed by atoms with Gasteiger partial charge in [-0.05, 0) is 35.9 Å². The second-order valence-corrected chi connectivity index (χ2v) is 4.61. The molecule has 94 valence electrons. The number of nitrogens with zero attached hydrogens (tertiary/aromatic N) is 2. The molecule has 0 unspecified atom stereocenters. The van der Waals surface area contributed by atoms with Crippen LogP contribution in [0.4, 0.5) is 0 Å². The molecular weight excluding hydrogens is 308 g/mol. The zero-order valence-electron chi connectivity index (χ0n) is 9.84. The van der Waals surface area contributed by atoms with Crippen LogP contribution in [0.2, 0.25) is 0 Å². The minimum atomic E-state index is 0.317. The Labute approximate surface area is 118 Å². The molecule has 0 aliphatic carbocycles. The van der Waals surface area contributed by atoms with Gasteiger partial charge in [-0.1, -0.05) is 15.9 Å². The molecule has 0 amide bonds. The lowest BCUT2D eigenvalue weighted by atomic mass is 10.2. The number of ether oxygens (including phenoxy) is 1. The highest BCUT2D eigenvalue weighted by molar-refractivity contribution is 9.10. The van der Waals surface area contributed by atoms with E-state index in [4.69, 9.17) is 10.00 Å². The molecule has 19 heavy (non-hydrogen) atoms. The fraction of sp³-hybridized carbons (Fsp3) is 0.0714. The van der Waals surface area contributed by atoms with Crippen molar-refractivity contribution in [2.45, 2.75) is 6.61 Å². The van der Waals surface area contributed by atoms with Crippen LogP contribution in [-0.2, 0) is 6.61 Å². The summed E-state index contributed by atoms with van der Waals surface area (Å²) in [4.78, 5) is 14.7. The number of carbonyl (C=O) groups is 1. The van der Waals surface area contributed by atoms with E-state index in [1.165, 1.54) is 0 Å². The van der Waals surface area contributed by atoms with Crippen LogP contribution in [0.15, 0.2) is 41.0 Å². The molecule has 1 aromatic heterocycles. The van der Waals surface area contributed by atoms with E-state index in [0.29, 0.717) is 23.6 Å². The molecule has 0 spiro atoms. The van der Waals surface area contributed by atoms with E-state index in [1.807, 2.05) is 6.07 Å². The quantitative estimate of drug-likeness (QED) is 0.813. The number of hydrogen-bond donors (Lipinski definition) is 0. The van der Waals surface area contributed by atoms with Gasteiger partial charge in [-0.15, -0.1) is 0 Å². The van der Waals surface area contributed by atoms with E-state index in [1.54, 1.807) is 36.5 Å². The summed E-state index contributed by atoms with van der Waals surface area (Å²) in [7, 11) is 0. The Morgan fingerprint density at radius 1 is 1.37 bits per heavy atom. The van der Waals surface area contributed by atoms with Crippen LogP contribution >= 0.6 is 15.9 Å². The summed E-state index contributed by atoms with van der Waals surface area (Å²) in [6, 6.07) is 10.6. The molecule has 0 aliphatic heterocycles. The Kier molecular flexibility index (Phi) is 4.26. The van der Waals surface area contributed by atoms with Crippen LogP contribution in [0.1, 0.15) is 21.6 Å². The maximum Gasteiger partial charge on any atom is 0.151 e. The zero-order chi connectivity index (χ0) is 13.7. The topological polar surface area (TPSA) is 63.0 Å². The van der Waals surface area contributed by atoms with Gasteiger partial charge in [0, 0.05) is 16.2 Å². The van der Waals surface area contributed by atoms with Gasteiger partial charge in [-0.2, -0.15) is 5.26 Å². The number of halogens is 1. The van der Waals surface area contributed by atoms with E-state index in [-0.39, 0.29) is 0 Å². The van der Waals surface area contributed by atoms with Gasteiger partial charge in [-0.25, -0.2) is 4.98 Å². The van der Waals surface area contributed by atoms with Crippen molar-refractivity contribution >= 4 is 22.2 Å². The number of nitriles is 1. The van der Waals surface area contributed by atoms with Gasteiger partial charge >= 0.3 is 0 Å². The van der Waals surface area contributed by atoms with E-state index in [0.717, 1.165) is 16.3 Å². The lowest BCUT2D eigenvalue weighted by molar-refractivity contribution is 0.112. The summed E-state index contributed by atoms with van der Waals surface area (Å²) in [5.74, 6) is 0.598. The lowest BCUT2D eigenvalue weighted by Gasteiger charge is -2.07. The molecule has 0 fully saturated rings. The van der Waals surface area contributed by atoms with Crippen molar-refractivity contribution < 1.29 is 9.53 Å². The zero-order valence-corrected chi connectivity index (χ0v) is 11.4. The maximum atomic E-state index is 10.8. The summed E-state index contributed by atoms with van der Waals surface area (Å²) in [5.41, 5.74) is 1.73. The number of hydrogen-bond acceptors (Lipinski definition) is 4. The predicted octanol–water partition coefficient (Wildman–Crippen LogP) is 3.11. The smallest absolute Gasteiger partial charge is 0.151 e. The number of pyridine rings is 1. The van der Waals surface area contributed by atoms with Gasteiger partial charge in [0.15, 0.2) is 6.29 Å². The summed E-state index contributed by atoms with van der Waals surface area (Å²) in [6.45, 7) is 0.317. The van der Waals surface area contributed by atoms with Crippen molar-refractivity contribution in [3.63, 3.8) is 0 Å². The highest BCUT2D eigenvalue weighted by atomic mass is 79.9. The Hall–Kier alpha value is -2.19. The molecule has 1 heterocycles. The summed E-state index contributed by atoms with van der Waals surface area (Å²) >= 11 is 3.27. The molecule has 4 nitrogen and oxygen atoms in total. The first-order valence-electron chi connectivity index (χ1n) is 5.45. The Balaban J connectivity index is 2.10. The monoisotopic (exact) mass is 316 g/mol. The molecule has 2 aromatic rings. The van der Waals surface area contributed by atoms with Gasteiger partial charge in [0.1, 0.15) is 24.1 Å². The molecule has 0 bridgehead atoms. The molecule has 0 saturated heterocycles. The molecule has 0 N–H and O–H groups in total. The highest BCUT2D eigenvalue weighted by Crippen LogP contribution is 2.21. The molecule has 0 radical (unpaired) electrons. The number of aldehydes is 1. The summed E-state index contributed by atoms with van der Waals surface area (Å²) in [5, 5.41) is 8.75. The van der Waals surface area contributed by atoms with Crippen molar-refractivity contribution in [3.05, 3.63) is 57.8 Å². The van der Waals surface area contributed by atoms with E-state index in [9.17, 15) is 4.79 Å². The van der Waals surface area contributed by atoms with Crippen LogP contribution in [0, 0.1) is 11.3 Å². The SMILES string of the molecule is N#Cc1cc(COc2ccc(Br)c(C=O)c2)ccn1. The standard InChI is InChI=1S/C14H9BrN2O2/c15-14-2-1-13(6-11(14)8-18)19-9-10-3-4-17-12(5-10)7-16/h1-6,8H,9H2. The number of benzene rings is 1. The van der Waals surface area contributed by atoms with E-state index < -0.39 is 0 Å². The third-order valence-corrected chi connectivity index (χ3v) is 3.16. The fourth-order valence-electron chi connectivity index (χ4n) is 1.49. The van der Waals surface area contributed by atoms with E-state index in [2.05, 4.69) is 20.9 Å². The molecular formula is C14H9BrN2O2. The molecule has 1 aromatic carbocycles. The van der Waals surface area contributed by atoms with Crippen molar-refractivity contribution in [3.8, 4) is 11.8 Å². The second kappa shape index (κ2) is 6.12. The Bertz CT molecular complexity index is 650. The minimum absolute atomic E-state index is 0.317. The van der Waals surface area contributed by atoms with Crippen LogP contribution in [0.5, 0.6) is 5.75 Å². The first-order chi connectivity index (χ1) is 9.22. The lowest BCUT2D eigenvalue weighted by Crippen LogP contribution is -1.97. The largest absolute Gasteiger partial charge is 0.489 e. The Morgan fingerprint density at radius 2 is 2.21 bits per heavy atom. The predicted molar refractivity (Wildman–Crippen MR) is 72.8 cm³/mol. The van der Waals surface area contributed by atoms with Crippen molar-refractivity contribution in [2.24, 2.45) is 0 Å². The van der Waals surface area contributed by atoms with Crippen molar-refractivity contribution in [1.29, 1.82) is 5.26 Å². The molecule has 5 heteroatoms. The van der Waals surface area contributed by atoms with Crippen LogP contribution in [-0.4, -0.2) is 11.3 Å². The molecule has 2 rings (SSSR count). The first kappa shape index (κ1) is 13.2. The van der Waals surface area contributed by atoms with Crippen molar-refractivity contribution in [1.82, 2.24) is 4.98 Å². The fourth-order valence-corrected chi connectivity index (χ4v) is 1.83. The summed E-state index contributed by atoms with van der Waals surface area (Å²) < 4.78 is 6.30. The van der Waals surface area contributed by atoms with Crippen LogP contribution in [0.3, 0.4) is 0 Å². The molecule has 0 saturated carbocycles. The Morgan fingerprint density at radius 3 is 2.95 bits per heavy atom. The number of rotatable bonds is 4. The number of carbonyl (C=O) groups excluding carboxylic acids is 1. The summed E-state index contributed by atoms with van der Waals surface area (Å²) in [6.07, 6.45) is 2.33. The maximum absolute atomic E-state index is 10.8. The average molecular weight is 317 g/mol. The van der Waals surface area contributed by atoms with Crippen LogP contribution < -0.4 is 4.74 Å². The normalized spacial score (nSPS) is 9.68. The average Bonchev–Trinajstić information content (AvgIpc) is 2.46. The molecule has 0 aliphatic rings. The van der Waals surface area contributed by atoms with Gasteiger partial charge in [-0.3, -0.25) is 4.79 Å². The van der Waals surface area contributed by atoms with Gasteiger partial charge in [0.2, 0.25) is 0 Å². The minimum Gasteiger partial charge on any atom is -0.489 e. The first-order valence-corrected chi connectivity index (χ1v) is 6.25. The van der Waals surface area contributed by atoms with E-state index >= 15 is 0 Å². The highest BCUT2D eigenvalue weighted by Gasteiger charge is 2.02. The number of aromatic nitrogens is 1. The van der Waals surface area contributed by atoms with Crippen molar-refractivity contribution in [2.75, 3.05) is 0 Å². The third kappa shape index (κ3) is 3.39. The van der Waals surface area contributed by atoms with Gasteiger partial charge < -0.3 is 4.74 Å². The van der Waals surface area contributed by atoms with Gasteiger partial charge in [0.05, 0.1) is 0 Å². The third-order valence-electron chi connectivity index (χ3n) is 2.44.